The van der Waals surface area contributed by atoms with Crippen molar-refractivity contribution in [1.29, 1.82) is 5.41 Å². The molecule has 0 aromatic carbocycles. The standard InChI is InChI=1S/C25H27FN10O/c1-25(37,22-4-3-20(26)14-29-22)19-12-30-24(31-13-19)36-7-5-35(6-8-36)23(32-16-27)21-9-17(10-28-21)18-11-33-34(2)15-18/h3-4,9-16,27-28,37H,5-8H2,1-2H3/b27-16?,32-23+/t25-/m1/s1. The van der Waals surface area contributed by atoms with Crippen molar-refractivity contribution < 1.29 is 9.50 Å². The molecular weight excluding hydrogens is 475 g/mol. The number of aryl methyl sites for hydroxylation is 1. The number of aromatic amines is 1. The zero-order chi connectivity index (χ0) is 26.0. The summed E-state index contributed by atoms with van der Waals surface area (Å²) >= 11 is 0. The molecule has 0 radical (unpaired) electrons. The minimum Gasteiger partial charge on any atom is -0.379 e. The van der Waals surface area contributed by atoms with Crippen molar-refractivity contribution in [2.24, 2.45) is 12.0 Å². The van der Waals surface area contributed by atoms with E-state index >= 15 is 0 Å². The maximum absolute atomic E-state index is 13.2. The number of hydrogen-bond donors (Lipinski definition) is 3. The third kappa shape index (κ3) is 4.96. The third-order valence-electron chi connectivity index (χ3n) is 6.44. The Morgan fingerprint density at radius 1 is 1.11 bits per heavy atom. The van der Waals surface area contributed by atoms with Crippen LogP contribution in [-0.4, -0.2) is 78.1 Å². The Balaban J connectivity index is 1.26. The molecular formula is C25H27FN10O. The van der Waals surface area contributed by atoms with E-state index in [4.69, 9.17) is 5.41 Å². The fourth-order valence-electron chi connectivity index (χ4n) is 4.31. The summed E-state index contributed by atoms with van der Waals surface area (Å²) in [4.78, 5) is 24.7. The van der Waals surface area contributed by atoms with E-state index in [0.29, 0.717) is 49.2 Å². The van der Waals surface area contributed by atoms with Crippen LogP contribution in [0, 0.1) is 11.2 Å². The number of aliphatic hydroxyl groups is 1. The number of aromatic nitrogens is 6. The molecule has 1 fully saturated rings. The Morgan fingerprint density at radius 3 is 2.49 bits per heavy atom. The molecule has 0 saturated carbocycles. The molecule has 0 bridgehead atoms. The average molecular weight is 503 g/mol. The van der Waals surface area contributed by atoms with Gasteiger partial charge in [0.25, 0.3) is 0 Å². The molecule has 1 saturated heterocycles. The lowest BCUT2D eigenvalue weighted by atomic mass is 9.94. The molecule has 0 amide bonds. The van der Waals surface area contributed by atoms with Gasteiger partial charge in [-0.2, -0.15) is 5.10 Å². The number of hydrogen-bond acceptors (Lipinski definition) is 7. The van der Waals surface area contributed by atoms with Crippen molar-refractivity contribution in [3.8, 4) is 11.1 Å². The second-order valence-electron chi connectivity index (χ2n) is 8.97. The summed E-state index contributed by atoms with van der Waals surface area (Å²) in [5, 5.41) is 22.7. The van der Waals surface area contributed by atoms with Crippen molar-refractivity contribution in [3.05, 3.63) is 78.1 Å². The number of halogens is 1. The highest BCUT2D eigenvalue weighted by Gasteiger charge is 2.29. The van der Waals surface area contributed by atoms with E-state index < -0.39 is 11.4 Å². The number of anilines is 1. The van der Waals surface area contributed by atoms with E-state index in [-0.39, 0.29) is 0 Å². The molecule has 1 aliphatic rings. The monoisotopic (exact) mass is 502 g/mol. The van der Waals surface area contributed by atoms with E-state index in [0.717, 1.165) is 29.4 Å². The van der Waals surface area contributed by atoms with Gasteiger partial charge in [0.15, 0.2) is 5.84 Å². The lowest BCUT2D eigenvalue weighted by Gasteiger charge is -2.36. The van der Waals surface area contributed by atoms with Gasteiger partial charge in [-0.3, -0.25) is 15.1 Å². The largest absolute Gasteiger partial charge is 0.379 e. The zero-order valence-electron chi connectivity index (χ0n) is 20.5. The van der Waals surface area contributed by atoms with Crippen molar-refractivity contribution in [3.63, 3.8) is 0 Å². The van der Waals surface area contributed by atoms with Crippen molar-refractivity contribution in [1.82, 2.24) is 34.6 Å². The lowest BCUT2D eigenvalue weighted by molar-refractivity contribution is 0.0964. The minimum atomic E-state index is -1.45. The van der Waals surface area contributed by atoms with Crippen LogP contribution in [0.2, 0.25) is 0 Å². The van der Waals surface area contributed by atoms with Gasteiger partial charge in [-0.15, -0.1) is 0 Å². The molecule has 1 aliphatic heterocycles. The zero-order valence-corrected chi connectivity index (χ0v) is 20.5. The summed E-state index contributed by atoms with van der Waals surface area (Å²) in [6, 6.07) is 4.71. The predicted octanol–water partition coefficient (Wildman–Crippen LogP) is 2.17. The minimum absolute atomic E-state index is 0.313. The van der Waals surface area contributed by atoms with Crippen molar-refractivity contribution >= 4 is 18.1 Å². The Hall–Kier alpha value is -4.45. The predicted molar refractivity (Wildman–Crippen MR) is 137 cm³/mol. The number of amidine groups is 1. The quantitative estimate of drug-likeness (QED) is 0.272. The average Bonchev–Trinajstić information content (AvgIpc) is 3.57. The maximum atomic E-state index is 13.2. The highest BCUT2D eigenvalue weighted by atomic mass is 19.1. The van der Waals surface area contributed by atoms with E-state index in [9.17, 15) is 9.50 Å². The molecule has 0 unspecified atom stereocenters. The second kappa shape index (κ2) is 9.90. The van der Waals surface area contributed by atoms with Gasteiger partial charge in [0, 0.05) is 74.7 Å². The van der Waals surface area contributed by atoms with Gasteiger partial charge in [0.1, 0.15) is 17.8 Å². The SMILES string of the molecule is Cn1cc(-c2c[nH]c(/C(=N\C=N)N3CCN(c4ncc([C@@](C)(O)c5ccc(F)cn5)cn4)CC3)c2)cn1. The van der Waals surface area contributed by atoms with Gasteiger partial charge >= 0.3 is 0 Å². The molecule has 190 valence electrons. The Labute approximate surface area is 212 Å². The molecule has 37 heavy (non-hydrogen) atoms. The van der Waals surface area contributed by atoms with Crippen LogP contribution in [-0.2, 0) is 12.6 Å². The molecule has 4 aromatic rings. The van der Waals surface area contributed by atoms with E-state index in [2.05, 4.69) is 39.8 Å². The van der Waals surface area contributed by atoms with E-state index in [1.807, 2.05) is 25.5 Å². The van der Waals surface area contributed by atoms with Crippen LogP contribution in [0.1, 0.15) is 23.9 Å². The van der Waals surface area contributed by atoms with Crippen LogP contribution in [0.4, 0.5) is 10.3 Å². The smallest absolute Gasteiger partial charge is 0.225 e. The fraction of sp³-hybridized carbons (Fsp3) is 0.280. The molecule has 11 nitrogen and oxygen atoms in total. The van der Waals surface area contributed by atoms with Crippen LogP contribution >= 0.6 is 0 Å². The number of rotatable bonds is 6. The van der Waals surface area contributed by atoms with Crippen molar-refractivity contribution in [2.75, 3.05) is 31.1 Å². The van der Waals surface area contributed by atoms with E-state index in [1.165, 1.54) is 12.1 Å². The Bertz CT molecular complexity index is 1400. The number of aliphatic imine (C=N–C) groups is 1. The summed E-state index contributed by atoms with van der Waals surface area (Å²) in [5.74, 6) is 0.781. The molecule has 1 atom stereocenters. The second-order valence-corrected chi connectivity index (χ2v) is 8.97. The first-order valence-corrected chi connectivity index (χ1v) is 11.8. The molecule has 12 heteroatoms. The fourth-order valence-corrected chi connectivity index (χ4v) is 4.31. The lowest BCUT2D eigenvalue weighted by Crippen LogP contribution is -2.49. The first-order chi connectivity index (χ1) is 17.8. The number of piperazine rings is 1. The van der Waals surface area contributed by atoms with E-state index in [1.54, 1.807) is 30.2 Å². The molecule has 4 aromatic heterocycles. The molecule has 0 aliphatic carbocycles. The summed E-state index contributed by atoms with van der Waals surface area (Å²) in [7, 11) is 1.88. The summed E-state index contributed by atoms with van der Waals surface area (Å²) in [6.07, 6.45) is 10.9. The molecule has 3 N–H and O–H groups in total. The normalized spacial score (nSPS) is 16.1. The first-order valence-electron chi connectivity index (χ1n) is 11.8. The van der Waals surface area contributed by atoms with Gasteiger partial charge in [-0.25, -0.2) is 19.4 Å². The topological polar surface area (TPSA) is 135 Å². The highest BCUT2D eigenvalue weighted by Crippen LogP contribution is 2.27. The van der Waals surface area contributed by atoms with Crippen LogP contribution < -0.4 is 4.90 Å². The third-order valence-corrected chi connectivity index (χ3v) is 6.44. The summed E-state index contributed by atoms with van der Waals surface area (Å²) in [6.45, 7) is 4.21. The maximum Gasteiger partial charge on any atom is 0.225 e. The number of nitrogens with one attached hydrogen (secondary N) is 2. The summed E-state index contributed by atoms with van der Waals surface area (Å²) < 4.78 is 15.0. The Kier molecular flexibility index (Phi) is 6.49. The first kappa shape index (κ1) is 24.3. The van der Waals surface area contributed by atoms with Gasteiger partial charge < -0.3 is 19.9 Å². The van der Waals surface area contributed by atoms with Crippen molar-refractivity contribution in [2.45, 2.75) is 12.5 Å². The molecule has 5 rings (SSSR count). The van der Waals surface area contributed by atoms with Gasteiger partial charge in [0.2, 0.25) is 5.95 Å². The number of H-pyrrole nitrogens is 1. The molecule has 5 heterocycles. The van der Waals surface area contributed by atoms with Crippen LogP contribution in [0.3, 0.4) is 0 Å². The highest BCUT2D eigenvalue weighted by molar-refractivity contribution is 6.01. The van der Waals surface area contributed by atoms with Gasteiger partial charge in [0.05, 0.1) is 23.8 Å². The van der Waals surface area contributed by atoms with Gasteiger partial charge in [-0.05, 0) is 25.1 Å². The Morgan fingerprint density at radius 2 is 1.86 bits per heavy atom. The number of pyridine rings is 1. The summed E-state index contributed by atoms with van der Waals surface area (Å²) in [5.41, 5.74) is 2.15. The van der Waals surface area contributed by atoms with Gasteiger partial charge in [-0.1, -0.05) is 0 Å². The van der Waals surface area contributed by atoms with Crippen LogP contribution in [0.15, 0.2) is 60.4 Å². The number of nitrogens with zero attached hydrogens (tertiary/aromatic N) is 8. The molecule has 0 spiro atoms. The van der Waals surface area contributed by atoms with Crippen LogP contribution in [0.25, 0.3) is 11.1 Å². The van der Waals surface area contributed by atoms with Crippen LogP contribution in [0.5, 0.6) is 0 Å².